The number of hydrogen-bond donors (Lipinski definition) is 1. The average molecular weight is 510 g/mol. The monoisotopic (exact) mass is 509 g/mol. The number of benzene rings is 2. The molecule has 1 saturated heterocycles. The van der Waals surface area contributed by atoms with Gasteiger partial charge in [0.15, 0.2) is 6.61 Å². The Kier molecular flexibility index (Phi) is 7.95. The molecule has 1 saturated carbocycles. The summed E-state index contributed by atoms with van der Waals surface area (Å²) in [6.45, 7) is 1.73. The SMILES string of the molecule is O=C(COc1ccc(S(=O)(=O)NC2CCCCC2)cc1Cl)N1CCN(c2ccccc2F)CC1. The molecule has 2 aromatic carbocycles. The van der Waals surface area contributed by atoms with E-state index in [-0.39, 0.29) is 40.0 Å². The molecule has 1 aliphatic carbocycles. The minimum absolute atomic E-state index is 0.0510. The predicted molar refractivity (Wildman–Crippen MR) is 129 cm³/mol. The molecular weight excluding hydrogens is 481 g/mol. The van der Waals surface area contributed by atoms with E-state index in [1.54, 1.807) is 23.1 Å². The second-order valence-corrected chi connectivity index (χ2v) is 10.8. The van der Waals surface area contributed by atoms with Gasteiger partial charge in [-0.25, -0.2) is 17.5 Å². The van der Waals surface area contributed by atoms with Crippen LogP contribution in [0, 0.1) is 5.82 Å². The first-order valence-electron chi connectivity index (χ1n) is 11.6. The van der Waals surface area contributed by atoms with Crippen LogP contribution in [0.25, 0.3) is 0 Å². The van der Waals surface area contributed by atoms with Crippen molar-refractivity contribution in [2.45, 2.75) is 43.0 Å². The minimum atomic E-state index is -3.68. The number of hydrogen-bond acceptors (Lipinski definition) is 5. The second kappa shape index (κ2) is 10.9. The standard InChI is InChI=1S/C24H29ClFN3O4S/c25-20-16-19(34(31,32)27-18-6-2-1-3-7-18)10-11-23(20)33-17-24(30)29-14-12-28(13-15-29)22-9-5-4-8-21(22)26/h4-5,8-11,16,18,27H,1-3,6-7,12-15,17H2. The molecule has 1 N–H and O–H groups in total. The molecule has 4 rings (SSSR count). The lowest BCUT2D eigenvalue weighted by Gasteiger charge is -2.36. The largest absolute Gasteiger partial charge is 0.482 e. The molecule has 10 heteroatoms. The number of rotatable bonds is 7. The third kappa shape index (κ3) is 6.00. The molecule has 0 aromatic heterocycles. The molecule has 34 heavy (non-hydrogen) atoms. The lowest BCUT2D eigenvalue weighted by atomic mass is 9.96. The Labute approximate surface area is 204 Å². The number of amides is 1. The van der Waals surface area contributed by atoms with Crippen LogP contribution in [0.1, 0.15) is 32.1 Å². The lowest BCUT2D eigenvalue weighted by molar-refractivity contribution is -0.133. The first-order chi connectivity index (χ1) is 16.3. The summed E-state index contributed by atoms with van der Waals surface area (Å²) in [4.78, 5) is 16.3. The van der Waals surface area contributed by atoms with Crippen LogP contribution >= 0.6 is 11.6 Å². The zero-order valence-electron chi connectivity index (χ0n) is 18.9. The summed E-state index contributed by atoms with van der Waals surface area (Å²) in [5.74, 6) is -0.240. The van der Waals surface area contributed by atoms with Crippen molar-refractivity contribution in [1.82, 2.24) is 9.62 Å². The van der Waals surface area contributed by atoms with Gasteiger partial charge in [0.1, 0.15) is 11.6 Å². The van der Waals surface area contributed by atoms with Crippen LogP contribution in [0.15, 0.2) is 47.4 Å². The summed E-state index contributed by atoms with van der Waals surface area (Å²) in [5, 5.41) is 0.128. The smallest absolute Gasteiger partial charge is 0.260 e. The van der Waals surface area contributed by atoms with E-state index in [2.05, 4.69) is 4.72 Å². The van der Waals surface area contributed by atoms with Crippen LogP contribution < -0.4 is 14.4 Å². The molecule has 2 aliphatic rings. The van der Waals surface area contributed by atoms with Gasteiger partial charge in [-0.3, -0.25) is 4.79 Å². The van der Waals surface area contributed by atoms with Gasteiger partial charge >= 0.3 is 0 Å². The Bertz CT molecular complexity index is 1120. The Morgan fingerprint density at radius 3 is 2.44 bits per heavy atom. The van der Waals surface area contributed by atoms with Crippen LogP contribution in [0.2, 0.25) is 5.02 Å². The Hall–Kier alpha value is -2.36. The number of sulfonamides is 1. The van der Waals surface area contributed by atoms with E-state index < -0.39 is 10.0 Å². The second-order valence-electron chi connectivity index (χ2n) is 8.66. The van der Waals surface area contributed by atoms with E-state index >= 15 is 0 Å². The quantitative estimate of drug-likeness (QED) is 0.614. The van der Waals surface area contributed by atoms with Crippen LogP contribution in [0.4, 0.5) is 10.1 Å². The van der Waals surface area contributed by atoms with Gasteiger partial charge in [0.2, 0.25) is 10.0 Å². The molecule has 1 amide bonds. The highest BCUT2D eigenvalue weighted by molar-refractivity contribution is 7.89. The van der Waals surface area contributed by atoms with Gasteiger partial charge in [-0.05, 0) is 43.2 Å². The summed E-state index contributed by atoms with van der Waals surface area (Å²) in [6, 6.07) is 10.8. The number of nitrogens with zero attached hydrogens (tertiary/aromatic N) is 2. The minimum Gasteiger partial charge on any atom is -0.482 e. The summed E-state index contributed by atoms with van der Waals surface area (Å²) >= 11 is 6.26. The Balaban J connectivity index is 1.29. The zero-order valence-corrected chi connectivity index (χ0v) is 20.5. The van der Waals surface area contributed by atoms with Crippen molar-refractivity contribution in [3.63, 3.8) is 0 Å². The summed E-state index contributed by atoms with van der Waals surface area (Å²) in [5.41, 5.74) is 0.533. The topological polar surface area (TPSA) is 78.9 Å². The fourth-order valence-electron chi connectivity index (χ4n) is 4.41. The van der Waals surface area contributed by atoms with E-state index in [0.717, 1.165) is 32.1 Å². The maximum Gasteiger partial charge on any atom is 0.260 e. The van der Waals surface area contributed by atoms with Gasteiger partial charge in [0, 0.05) is 32.2 Å². The Morgan fingerprint density at radius 2 is 1.76 bits per heavy atom. The number of para-hydroxylation sites is 1. The van der Waals surface area contributed by atoms with Crippen molar-refractivity contribution in [1.29, 1.82) is 0 Å². The van der Waals surface area contributed by atoms with Gasteiger partial charge in [-0.1, -0.05) is 43.0 Å². The van der Waals surface area contributed by atoms with Crippen molar-refractivity contribution < 1.29 is 22.3 Å². The summed E-state index contributed by atoms with van der Waals surface area (Å²) in [7, 11) is -3.68. The van der Waals surface area contributed by atoms with E-state index in [1.807, 2.05) is 4.90 Å². The van der Waals surface area contributed by atoms with Crippen molar-refractivity contribution >= 4 is 33.2 Å². The van der Waals surface area contributed by atoms with Gasteiger partial charge < -0.3 is 14.5 Å². The number of ether oxygens (including phenoxy) is 1. The van der Waals surface area contributed by atoms with Crippen molar-refractivity contribution in [3.05, 3.63) is 53.3 Å². The number of carbonyl (C=O) groups is 1. The highest BCUT2D eigenvalue weighted by Crippen LogP contribution is 2.28. The van der Waals surface area contributed by atoms with E-state index in [1.165, 1.54) is 24.3 Å². The lowest BCUT2D eigenvalue weighted by Crippen LogP contribution is -2.50. The highest BCUT2D eigenvalue weighted by Gasteiger charge is 2.25. The third-order valence-corrected chi connectivity index (χ3v) is 8.13. The number of anilines is 1. The molecule has 0 radical (unpaired) electrons. The van der Waals surface area contributed by atoms with Crippen LogP contribution in [0.3, 0.4) is 0 Å². The van der Waals surface area contributed by atoms with E-state index in [9.17, 15) is 17.6 Å². The number of carbonyl (C=O) groups excluding carboxylic acids is 1. The fourth-order valence-corrected chi connectivity index (χ4v) is 6.04. The molecule has 0 atom stereocenters. The number of nitrogens with one attached hydrogen (secondary N) is 1. The molecule has 0 spiro atoms. The van der Waals surface area contributed by atoms with Crippen molar-refractivity contribution in [3.8, 4) is 5.75 Å². The van der Waals surface area contributed by atoms with Gasteiger partial charge in [0.25, 0.3) is 5.91 Å². The zero-order chi connectivity index (χ0) is 24.1. The fraction of sp³-hybridized carbons (Fsp3) is 0.458. The molecule has 2 fully saturated rings. The van der Waals surface area contributed by atoms with E-state index in [4.69, 9.17) is 16.3 Å². The van der Waals surface area contributed by atoms with Gasteiger partial charge in [-0.15, -0.1) is 0 Å². The van der Waals surface area contributed by atoms with Gasteiger partial charge in [-0.2, -0.15) is 0 Å². The normalized spacial score (nSPS) is 17.6. The third-order valence-electron chi connectivity index (χ3n) is 6.32. The van der Waals surface area contributed by atoms with Crippen molar-refractivity contribution in [2.75, 3.05) is 37.7 Å². The molecule has 1 heterocycles. The maximum atomic E-state index is 14.0. The summed E-state index contributed by atoms with van der Waals surface area (Å²) in [6.07, 6.45) is 4.85. The van der Waals surface area contributed by atoms with Crippen LogP contribution in [0.5, 0.6) is 5.75 Å². The van der Waals surface area contributed by atoms with E-state index in [0.29, 0.717) is 31.9 Å². The molecule has 2 aromatic rings. The number of piperazine rings is 1. The Morgan fingerprint density at radius 1 is 1.06 bits per heavy atom. The van der Waals surface area contributed by atoms with Crippen LogP contribution in [-0.2, 0) is 14.8 Å². The first-order valence-corrected chi connectivity index (χ1v) is 13.4. The number of halogens is 2. The van der Waals surface area contributed by atoms with Crippen LogP contribution in [-0.4, -0.2) is 58.1 Å². The molecular formula is C24H29ClFN3O4S. The van der Waals surface area contributed by atoms with Gasteiger partial charge in [0.05, 0.1) is 15.6 Å². The average Bonchev–Trinajstić information content (AvgIpc) is 2.84. The molecule has 7 nitrogen and oxygen atoms in total. The summed E-state index contributed by atoms with van der Waals surface area (Å²) < 4.78 is 47.7. The predicted octanol–water partition coefficient (Wildman–Crippen LogP) is 3.82. The highest BCUT2D eigenvalue weighted by atomic mass is 35.5. The molecule has 0 unspecified atom stereocenters. The first kappa shape index (κ1) is 24.8. The molecule has 0 bridgehead atoms. The van der Waals surface area contributed by atoms with Crippen molar-refractivity contribution in [2.24, 2.45) is 0 Å². The molecule has 1 aliphatic heterocycles. The maximum absolute atomic E-state index is 14.0. The molecule has 184 valence electrons.